The lowest BCUT2D eigenvalue weighted by Gasteiger charge is -2.11. The highest BCUT2D eigenvalue weighted by Gasteiger charge is 2.18. The van der Waals surface area contributed by atoms with Gasteiger partial charge < -0.3 is 10.1 Å². The van der Waals surface area contributed by atoms with Crippen molar-refractivity contribution in [3.05, 3.63) is 40.4 Å². The standard InChI is InChI=1S/C11H11Cl2NO2/c1-3-6-14-11(15)9-7(12)4-5-8(13)10(9)16-2/h3-5H,1,6H2,2H3,(H,14,15). The van der Waals surface area contributed by atoms with E-state index < -0.39 is 0 Å². The lowest BCUT2D eigenvalue weighted by atomic mass is 10.2. The molecule has 1 aromatic carbocycles. The topological polar surface area (TPSA) is 38.3 Å². The molecule has 0 aromatic heterocycles. The third-order valence-corrected chi connectivity index (χ3v) is 2.51. The van der Waals surface area contributed by atoms with E-state index in [4.69, 9.17) is 27.9 Å². The fourth-order valence-electron chi connectivity index (χ4n) is 1.20. The summed E-state index contributed by atoms with van der Waals surface area (Å²) in [6, 6.07) is 3.13. The zero-order valence-corrected chi connectivity index (χ0v) is 10.2. The van der Waals surface area contributed by atoms with Gasteiger partial charge in [0.2, 0.25) is 0 Å². The molecule has 0 fully saturated rings. The van der Waals surface area contributed by atoms with Gasteiger partial charge in [-0.05, 0) is 12.1 Å². The molecule has 0 aliphatic carbocycles. The predicted octanol–water partition coefficient (Wildman–Crippen LogP) is 2.92. The number of hydrogen-bond acceptors (Lipinski definition) is 2. The van der Waals surface area contributed by atoms with Crippen molar-refractivity contribution in [2.24, 2.45) is 0 Å². The molecule has 1 aromatic rings. The average molecular weight is 260 g/mol. The molecule has 3 nitrogen and oxygen atoms in total. The van der Waals surface area contributed by atoms with Crippen molar-refractivity contribution in [3.8, 4) is 5.75 Å². The largest absolute Gasteiger partial charge is 0.494 e. The van der Waals surface area contributed by atoms with Crippen molar-refractivity contribution in [2.45, 2.75) is 0 Å². The molecule has 1 amide bonds. The first-order chi connectivity index (χ1) is 7.61. The van der Waals surface area contributed by atoms with Crippen LogP contribution in [-0.4, -0.2) is 19.6 Å². The monoisotopic (exact) mass is 259 g/mol. The second kappa shape index (κ2) is 5.77. The number of methoxy groups -OCH3 is 1. The van der Waals surface area contributed by atoms with E-state index in [-0.39, 0.29) is 17.2 Å². The number of hydrogen-bond donors (Lipinski definition) is 1. The van der Waals surface area contributed by atoms with E-state index in [1.165, 1.54) is 7.11 Å². The Morgan fingerprint density at radius 1 is 1.50 bits per heavy atom. The van der Waals surface area contributed by atoms with Crippen LogP contribution in [0.5, 0.6) is 5.75 Å². The predicted molar refractivity (Wildman–Crippen MR) is 65.5 cm³/mol. The molecular formula is C11H11Cl2NO2. The summed E-state index contributed by atoms with van der Waals surface area (Å²) in [5.41, 5.74) is 0.235. The first kappa shape index (κ1) is 12.9. The van der Waals surface area contributed by atoms with Crippen LogP contribution in [-0.2, 0) is 0 Å². The van der Waals surface area contributed by atoms with Gasteiger partial charge in [0, 0.05) is 6.54 Å². The number of ether oxygens (including phenoxy) is 1. The highest BCUT2D eigenvalue weighted by molar-refractivity contribution is 6.37. The maximum atomic E-state index is 11.8. The molecule has 0 atom stereocenters. The molecule has 0 aliphatic heterocycles. The van der Waals surface area contributed by atoms with E-state index in [1.54, 1.807) is 18.2 Å². The molecule has 1 N–H and O–H groups in total. The lowest BCUT2D eigenvalue weighted by molar-refractivity contribution is 0.0955. The highest BCUT2D eigenvalue weighted by Crippen LogP contribution is 2.33. The molecular weight excluding hydrogens is 249 g/mol. The van der Waals surface area contributed by atoms with Gasteiger partial charge >= 0.3 is 0 Å². The fourth-order valence-corrected chi connectivity index (χ4v) is 1.67. The summed E-state index contributed by atoms with van der Waals surface area (Å²) in [7, 11) is 1.43. The van der Waals surface area contributed by atoms with Gasteiger partial charge in [0.05, 0.1) is 17.2 Å². The number of carbonyl (C=O) groups is 1. The van der Waals surface area contributed by atoms with Crippen molar-refractivity contribution < 1.29 is 9.53 Å². The van der Waals surface area contributed by atoms with E-state index in [9.17, 15) is 4.79 Å². The second-order valence-electron chi connectivity index (χ2n) is 2.94. The summed E-state index contributed by atoms with van der Waals surface area (Å²) < 4.78 is 5.05. The Hall–Kier alpha value is -1.19. The molecule has 86 valence electrons. The van der Waals surface area contributed by atoms with Crippen molar-refractivity contribution in [1.82, 2.24) is 5.32 Å². The van der Waals surface area contributed by atoms with Crippen LogP contribution in [0.25, 0.3) is 0 Å². The molecule has 16 heavy (non-hydrogen) atoms. The van der Waals surface area contributed by atoms with E-state index >= 15 is 0 Å². The third-order valence-electron chi connectivity index (χ3n) is 1.90. The van der Waals surface area contributed by atoms with E-state index in [1.807, 2.05) is 0 Å². The van der Waals surface area contributed by atoms with Crippen LogP contribution in [0.1, 0.15) is 10.4 Å². The van der Waals surface area contributed by atoms with Crippen LogP contribution in [0.2, 0.25) is 10.0 Å². The Balaban J connectivity index is 3.14. The zero-order valence-electron chi connectivity index (χ0n) is 8.72. The summed E-state index contributed by atoms with van der Waals surface area (Å²) in [6.07, 6.45) is 1.57. The molecule has 0 bridgehead atoms. The fraction of sp³-hybridized carbons (Fsp3) is 0.182. The Morgan fingerprint density at radius 2 is 2.12 bits per heavy atom. The maximum absolute atomic E-state index is 11.8. The summed E-state index contributed by atoms with van der Waals surface area (Å²) in [4.78, 5) is 11.8. The van der Waals surface area contributed by atoms with Crippen LogP contribution in [0.3, 0.4) is 0 Å². The summed E-state index contributed by atoms with van der Waals surface area (Å²) in [5, 5.41) is 3.25. The zero-order chi connectivity index (χ0) is 12.1. The molecule has 5 heteroatoms. The summed E-state index contributed by atoms with van der Waals surface area (Å²) in [6.45, 7) is 3.86. The van der Waals surface area contributed by atoms with Gasteiger partial charge in [0.1, 0.15) is 5.56 Å². The number of rotatable bonds is 4. The van der Waals surface area contributed by atoms with Crippen LogP contribution in [0, 0.1) is 0 Å². The Kier molecular flexibility index (Phi) is 4.65. The lowest BCUT2D eigenvalue weighted by Crippen LogP contribution is -2.24. The molecule has 0 unspecified atom stereocenters. The van der Waals surface area contributed by atoms with Gasteiger partial charge in [-0.15, -0.1) is 6.58 Å². The van der Waals surface area contributed by atoms with E-state index in [0.717, 1.165) is 0 Å². The number of carbonyl (C=O) groups excluding carboxylic acids is 1. The van der Waals surface area contributed by atoms with Gasteiger partial charge in [-0.2, -0.15) is 0 Å². The highest BCUT2D eigenvalue weighted by atomic mass is 35.5. The first-order valence-corrected chi connectivity index (χ1v) is 5.28. The molecule has 0 saturated carbocycles. The van der Waals surface area contributed by atoms with Gasteiger partial charge in [0.25, 0.3) is 5.91 Å². The van der Waals surface area contributed by atoms with Crippen LogP contribution in [0.15, 0.2) is 24.8 Å². The first-order valence-electron chi connectivity index (χ1n) is 4.53. The molecule has 0 spiro atoms. The van der Waals surface area contributed by atoms with Crippen LogP contribution >= 0.6 is 23.2 Å². The number of nitrogens with one attached hydrogen (secondary N) is 1. The molecule has 1 rings (SSSR count). The average Bonchev–Trinajstić information content (AvgIpc) is 2.28. The molecule has 0 radical (unpaired) electrons. The van der Waals surface area contributed by atoms with Crippen molar-refractivity contribution in [2.75, 3.05) is 13.7 Å². The minimum Gasteiger partial charge on any atom is -0.494 e. The number of benzene rings is 1. The minimum atomic E-state index is -0.343. The minimum absolute atomic E-state index is 0.235. The SMILES string of the molecule is C=CCNC(=O)c1c(Cl)ccc(Cl)c1OC. The van der Waals surface area contributed by atoms with Crippen LogP contribution < -0.4 is 10.1 Å². The Bertz CT molecular complexity index is 419. The van der Waals surface area contributed by atoms with Gasteiger partial charge in [-0.25, -0.2) is 0 Å². The maximum Gasteiger partial charge on any atom is 0.256 e. The molecule has 0 aliphatic rings. The van der Waals surface area contributed by atoms with Crippen molar-refractivity contribution >= 4 is 29.1 Å². The van der Waals surface area contributed by atoms with Gasteiger partial charge in [-0.1, -0.05) is 29.3 Å². The second-order valence-corrected chi connectivity index (χ2v) is 3.75. The van der Waals surface area contributed by atoms with E-state index in [0.29, 0.717) is 16.6 Å². The molecule has 0 saturated heterocycles. The van der Waals surface area contributed by atoms with Gasteiger partial charge in [0.15, 0.2) is 5.75 Å². The number of amides is 1. The number of halogens is 2. The normalized spacial score (nSPS) is 9.69. The smallest absolute Gasteiger partial charge is 0.256 e. The summed E-state index contributed by atoms with van der Waals surface area (Å²) >= 11 is 11.8. The summed E-state index contributed by atoms with van der Waals surface area (Å²) in [5.74, 6) is -0.0695. The third kappa shape index (κ3) is 2.68. The quantitative estimate of drug-likeness (QED) is 0.845. The Morgan fingerprint density at radius 3 is 2.69 bits per heavy atom. The van der Waals surface area contributed by atoms with Crippen molar-refractivity contribution in [1.29, 1.82) is 0 Å². The Labute approximate surface area is 104 Å². The van der Waals surface area contributed by atoms with E-state index in [2.05, 4.69) is 11.9 Å². The van der Waals surface area contributed by atoms with Crippen molar-refractivity contribution in [3.63, 3.8) is 0 Å². The van der Waals surface area contributed by atoms with Crippen LogP contribution in [0.4, 0.5) is 0 Å². The molecule has 0 heterocycles. The van der Waals surface area contributed by atoms with Gasteiger partial charge in [-0.3, -0.25) is 4.79 Å².